The molecule has 6 nitrogen and oxygen atoms in total. The van der Waals surface area contributed by atoms with Crippen molar-refractivity contribution >= 4 is 27.3 Å². The van der Waals surface area contributed by atoms with Crippen LogP contribution in [-0.4, -0.2) is 25.0 Å². The number of nitrogens with one attached hydrogen (secondary N) is 1. The number of rotatable bonds is 2. The number of benzene rings is 1. The van der Waals surface area contributed by atoms with Crippen LogP contribution in [0.5, 0.6) is 0 Å². The Bertz CT molecular complexity index is 814. The number of hydrogen-bond acceptors (Lipinski definition) is 5. The lowest BCUT2D eigenvalue weighted by Gasteiger charge is -2.16. The van der Waals surface area contributed by atoms with Gasteiger partial charge < -0.3 is 5.32 Å². The van der Waals surface area contributed by atoms with E-state index in [9.17, 15) is 13.2 Å². The molecule has 1 aliphatic rings. The maximum absolute atomic E-state index is 12.2. The Kier molecular flexibility index (Phi) is 2.83. The molecule has 0 fully saturated rings. The highest BCUT2D eigenvalue weighted by atomic mass is 32.2. The summed E-state index contributed by atoms with van der Waals surface area (Å²) >= 11 is 0. The van der Waals surface area contributed by atoms with Crippen LogP contribution in [0.15, 0.2) is 58.1 Å². The SMILES string of the molecule is O=C(C1=NS(=O)(=O)c2ccccc2N1)c1ccncc1. The number of pyridine rings is 1. The van der Waals surface area contributed by atoms with Crippen LogP contribution in [0.4, 0.5) is 5.69 Å². The molecule has 0 unspecified atom stereocenters. The minimum atomic E-state index is -3.86. The fourth-order valence-electron chi connectivity index (χ4n) is 1.85. The largest absolute Gasteiger partial charge is 0.335 e. The molecule has 3 rings (SSSR count). The number of hydrogen-bond donors (Lipinski definition) is 1. The molecule has 0 aliphatic carbocycles. The number of Topliss-reactive ketones (excluding diaryl/α,β-unsaturated/α-hetero) is 1. The Morgan fingerprint density at radius 1 is 1.05 bits per heavy atom. The minimum Gasteiger partial charge on any atom is -0.335 e. The second-order valence-corrected chi connectivity index (χ2v) is 5.67. The van der Waals surface area contributed by atoms with Crippen LogP contribution in [0.25, 0.3) is 0 Å². The van der Waals surface area contributed by atoms with Gasteiger partial charge in [0.1, 0.15) is 4.90 Å². The van der Waals surface area contributed by atoms with Crippen molar-refractivity contribution in [2.24, 2.45) is 4.40 Å². The molecule has 1 N–H and O–H groups in total. The van der Waals surface area contributed by atoms with Crippen LogP contribution in [0.2, 0.25) is 0 Å². The first kappa shape index (κ1) is 12.5. The molecule has 20 heavy (non-hydrogen) atoms. The summed E-state index contributed by atoms with van der Waals surface area (Å²) in [4.78, 5) is 16.1. The fraction of sp³-hybridized carbons (Fsp3) is 0. The van der Waals surface area contributed by atoms with Gasteiger partial charge in [0.25, 0.3) is 10.0 Å². The number of sulfonamides is 1. The van der Waals surface area contributed by atoms with Crippen molar-refractivity contribution in [2.45, 2.75) is 4.90 Å². The first-order valence-electron chi connectivity index (χ1n) is 5.74. The Labute approximate surface area is 115 Å². The highest BCUT2D eigenvalue weighted by Crippen LogP contribution is 2.27. The second kappa shape index (κ2) is 4.53. The Morgan fingerprint density at radius 2 is 1.75 bits per heavy atom. The van der Waals surface area contributed by atoms with Crippen LogP contribution in [0.1, 0.15) is 10.4 Å². The number of fused-ring (bicyclic) bond motifs is 1. The zero-order chi connectivity index (χ0) is 14.2. The summed E-state index contributed by atoms with van der Waals surface area (Å²) in [5, 5.41) is 2.75. The van der Waals surface area contributed by atoms with Gasteiger partial charge in [0.05, 0.1) is 5.69 Å². The standard InChI is InChI=1S/C13H9N3O3S/c17-12(9-5-7-14-8-6-9)13-15-10-3-1-2-4-11(10)20(18,19)16-13/h1-8H,(H,15,16). The predicted octanol–water partition coefficient (Wildman–Crippen LogP) is 1.48. The third-order valence-electron chi connectivity index (χ3n) is 2.79. The molecular formula is C13H9N3O3S. The van der Waals surface area contributed by atoms with E-state index in [-0.39, 0.29) is 10.7 Å². The lowest BCUT2D eigenvalue weighted by atomic mass is 10.1. The van der Waals surface area contributed by atoms with Crippen molar-refractivity contribution in [3.05, 3.63) is 54.4 Å². The number of amidine groups is 1. The first-order valence-corrected chi connectivity index (χ1v) is 7.18. The van der Waals surface area contributed by atoms with Gasteiger partial charge in [-0.05, 0) is 24.3 Å². The van der Waals surface area contributed by atoms with E-state index in [4.69, 9.17) is 0 Å². The van der Waals surface area contributed by atoms with Crippen molar-refractivity contribution in [2.75, 3.05) is 5.32 Å². The van der Waals surface area contributed by atoms with E-state index in [0.717, 1.165) is 0 Å². The predicted molar refractivity (Wildman–Crippen MR) is 73.3 cm³/mol. The number of para-hydroxylation sites is 1. The zero-order valence-corrected chi connectivity index (χ0v) is 11.0. The molecule has 0 spiro atoms. The van der Waals surface area contributed by atoms with Gasteiger partial charge in [0.15, 0.2) is 5.84 Å². The molecule has 1 aliphatic heterocycles. The maximum Gasteiger partial charge on any atom is 0.286 e. The number of ketones is 1. The van der Waals surface area contributed by atoms with Crippen molar-refractivity contribution < 1.29 is 13.2 Å². The average Bonchev–Trinajstić information content (AvgIpc) is 2.47. The van der Waals surface area contributed by atoms with Crippen LogP contribution in [0, 0.1) is 0 Å². The maximum atomic E-state index is 12.2. The van der Waals surface area contributed by atoms with Gasteiger partial charge in [0, 0.05) is 18.0 Å². The molecule has 0 radical (unpaired) electrons. The molecule has 0 amide bonds. The monoisotopic (exact) mass is 287 g/mol. The van der Waals surface area contributed by atoms with Gasteiger partial charge in [-0.1, -0.05) is 12.1 Å². The van der Waals surface area contributed by atoms with Gasteiger partial charge in [-0.15, -0.1) is 4.40 Å². The summed E-state index contributed by atoms with van der Waals surface area (Å²) in [5.74, 6) is -0.708. The Hall–Kier alpha value is -2.54. The average molecular weight is 287 g/mol. The normalized spacial score (nSPS) is 15.7. The van der Waals surface area contributed by atoms with E-state index in [1.54, 1.807) is 18.2 Å². The van der Waals surface area contributed by atoms with Gasteiger partial charge in [-0.2, -0.15) is 8.42 Å². The summed E-state index contributed by atoms with van der Waals surface area (Å²) in [6.45, 7) is 0. The number of aromatic nitrogens is 1. The smallest absolute Gasteiger partial charge is 0.286 e. The molecular weight excluding hydrogens is 278 g/mol. The summed E-state index contributed by atoms with van der Waals surface area (Å²) < 4.78 is 27.6. The molecule has 0 saturated carbocycles. The van der Waals surface area contributed by atoms with Gasteiger partial charge in [0.2, 0.25) is 5.78 Å². The number of carbonyl (C=O) groups is 1. The van der Waals surface area contributed by atoms with Crippen LogP contribution in [0.3, 0.4) is 0 Å². The van der Waals surface area contributed by atoms with Crippen molar-refractivity contribution in [1.29, 1.82) is 0 Å². The number of carbonyl (C=O) groups excluding carboxylic acids is 1. The topological polar surface area (TPSA) is 88.5 Å². The van der Waals surface area contributed by atoms with Crippen LogP contribution >= 0.6 is 0 Å². The molecule has 0 atom stereocenters. The third-order valence-corrected chi connectivity index (χ3v) is 4.12. The Balaban J connectivity index is 2.06. The summed E-state index contributed by atoms with van der Waals surface area (Å²) in [6.07, 6.45) is 2.91. The van der Waals surface area contributed by atoms with Crippen molar-refractivity contribution in [1.82, 2.24) is 4.98 Å². The van der Waals surface area contributed by atoms with E-state index in [1.807, 2.05) is 0 Å². The van der Waals surface area contributed by atoms with E-state index < -0.39 is 15.8 Å². The molecule has 0 saturated heterocycles. The van der Waals surface area contributed by atoms with E-state index in [2.05, 4.69) is 14.7 Å². The van der Waals surface area contributed by atoms with Gasteiger partial charge >= 0.3 is 0 Å². The highest BCUT2D eigenvalue weighted by molar-refractivity contribution is 7.90. The van der Waals surface area contributed by atoms with Gasteiger partial charge in [-0.25, -0.2) is 0 Å². The van der Waals surface area contributed by atoms with Crippen LogP contribution in [-0.2, 0) is 10.0 Å². The molecule has 2 aromatic rings. The molecule has 1 aromatic heterocycles. The minimum absolute atomic E-state index is 0.0614. The Morgan fingerprint density at radius 3 is 2.50 bits per heavy atom. The van der Waals surface area contributed by atoms with E-state index in [0.29, 0.717) is 11.3 Å². The highest BCUT2D eigenvalue weighted by Gasteiger charge is 2.28. The third kappa shape index (κ3) is 2.08. The number of nitrogens with zero attached hydrogens (tertiary/aromatic N) is 2. The van der Waals surface area contributed by atoms with E-state index in [1.165, 1.54) is 30.6 Å². The molecule has 2 heterocycles. The second-order valence-electron chi connectivity index (χ2n) is 4.10. The van der Waals surface area contributed by atoms with Gasteiger partial charge in [-0.3, -0.25) is 9.78 Å². The summed E-state index contributed by atoms with van der Waals surface area (Å²) in [5.41, 5.74) is 0.667. The van der Waals surface area contributed by atoms with E-state index >= 15 is 0 Å². The van der Waals surface area contributed by atoms with Crippen molar-refractivity contribution in [3.8, 4) is 0 Å². The zero-order valence-electron chi connectivity index (χ0n) is 10.1. The van der Waals surface area contributed by atoms with Crippen LogP contribution < -0.4 is 5.32 Å². The number of anilines is 1. The molecule has 0 bridgehead atoms. The molecule has 1 aromatic carbocycles. The fourth-order valence-corrected chi connectivity index (χ4v) is 2.97. The molecule has 100 valence electrons. The molecule has 7 heteroatoms. The lowest BCUT2D eigenvalue weighted by molar-refractivity contribution is 0.106. The lowest BCUT2D eigenvalue weighted by Crippen LogP contribution is -2.28. The first-order chi connectivity index (χ1) is 9.58. The summed E-state index contributed by atoms with van der Waals surface area (Å²) in [6, 6.07) is 9.31. The van der Waals surface area contributed by atoms with Crippen molar-refractivity contribution in [3.63, 3.8) is 0 Å². The summed E-state index contributed by atoms with van der Waals surface area (Å²) in [7, 11) is -3.86. The quantitative estimate of drug-likeness (QED) is 0.845.